The number of oxazole rings is 1. The van der Waals surface area contributed by atoms with Crippen LogP contribution < -0.4 is 4.90 Å². The third-order valence-corrected chi connectivity index (χ3v) is 3.51. The lowest BCUT2D eigenvalue weighted by atomic mass is 10.2. The van der Waals surface area contributed by atoms with Gasteiger partial charge >= 0.3 is 0 Å². The highest BCUT2D eigenvalue weighted by Gasteiger charge is 2.27. The van der Waals surface area contributed by atoms with Crippen molar-refractivity contribution in [3.63, 3.8) is 0 Å². The Hall–Kier alpha value is -2.03. The van der Waals surface area contributed by atoms with E-state index >= 15 is 0 Å². The molecule has 1 atom stereocenters. The number of benzene rings is 1. The van der Waals surface area contributed by atoms with Crippen LogP contribution in [0.4, 0.5) is 5.88 Å². The van der Waals surface area contributed by atoms with Crippen LogP contribution in [0.25, 0.3) is 11.5 Å². The fraction of sp³-hybridized carbons (Fsp3) is 0.286. The van der Waals surface area contributed by atoms with Crippen molar-refractivity contribution in [1.82, 2.24) is 4.98 Å². The van der Waals surface area contributed by atoms with Crippen molar-refractivity contribution in [2.45, 2.75) is 12.5 Å². The maximum Gasteiger partial charge on any atom is 0.235 e. The van der Waals surface area contributed by atoms with Gasteiger partial charge in [-0.15, -0.1) is 0 Å². The number of halogens is 1. The smallest absolute Gasteiger partial charge is 0.235 e. The first-order chi connectivity index (χ1) is 9.67. The van der Waals surface area contributed by atoms with Gasteiger partial charge < -0.3 is 14.4 Å². The second kappa shape index (κ2) is 5.16. The number of aromatic nitrogens is 1. The molecule has 1 aromatic carbocycles. The third kappa shape index (κ3) is 2.36. The molecule has 2 heterocycles. The summed E-state index contributed by atoms with van der Waals surface area (Å²) < 4.78 is 5.70. The quantitative estimate of drug-likeness (QED) is 0.919. The topological polar surface area (TPSA) is 73.3 Å². The molecule has 1 aliphatic rings. The van der Waals surface area contributed by atoms with Crippen molar-refractivity contribution >= 4 is 17.5 Å². The van der Waals surface area contributed by atoms with Crippen LogP contribution in [0, 0.1) is 11.3 Å². The molecule has 0 radical (unpaired) electrons. The Kier molecular flexibility index (Phi) is 3.35. The molecule has 6 heteroatoms. The number of nitrogens with zero attached hydrogens (tertiary/aromatic N) is 3. The maximum atomic E-state index is 9.58. The van der Waals surface area contributed by atoms with Gasteiger partial charge in [-0.3, -0.25) is 0 Å². The first kappa shape index (κ1) is 13.0. The molecule has 0 spiro atoms. The minimum absolute atomic E-state index is 0.240. The molecule has 0 aliphatic carbocycles. The minimum Gasteiger partial charge on any atom is -0.419 e. The lowest BCUT2D eigenvalue weighted by Gasteiger charge is -2.13. The Balaban J connectivity index is 1.96. The van der Waals surface area contributed by atoms with Gasteiger partial charge in [-0.05, 0) is 30.7 Å². The Morgan fingerprint density at radius 2 is 2.15 bits per heavy atom. The molecule has 0 amide bonds. The predicted molar refractivity (Wildman–Crippen MR) is 74.5 cm³/mol. The molecule has 1 fully saturated rings. The molecule has 102 valence electrons. The van der Waals surface area contributed by atoms with Crippen molar-refractivity contribution in [2.75, 3.05) is 18.0 Å². The van der Waals surface area contributed by atoms with Crippen LogP contribution in [0.15, 0.2) is 28.7 Å². The molecule has 0 unspecified atom stereocenters. The molecule has 1 aliphatic heterocycles. The Bertz CT molecular complexity index is 660. The van der Waals surface area contributed by atoms with Crippen LogP contribution in [0.3, 0.4) is 0 Å². The Morgan fingerprint density at radius 1 is 1.40 bits per heavy atom. The zero-order valence-electron chi connectivity index (χ0n) is 10.6. The fourth-order valence-electron chi connectivity index (χ4n) is 2.24. The van der Waals surface area contributed by atoms with Crippen molar-refractivity contribution in [3.05, 3.63) is 35.0 Å². The van der Waals surface area contributed by atoms with Crippen molar-refractivity contribution in [1.29, 1.82) is 5.26 Å². The Labute approximate surface area is 121 Å². The number of aliphatic hydroxyl groups is 1. The lowest BCUT2D eigenvalue weighted by molar-refractivity contribution is 0.198. The van der Waals surface area contributed by atoms with E-state index in [1.165, 1.54) is 0 Å². The van der Waals surface area contributed by atoms with E-state index in [2.05, 4.69) is 4.98 Å². The minimum atomic E-state index is -0.384. The number of aliphatic hydroxyl groups excluding tert-OH is 1. The summed E-state index contributed by atoms with van der Waals surface area (Å²) >= 11 is 5.84. The van der Waals surface area contributed by atoms with E-state index in [0.717, 1.165) is 5.56 Å². The van der Waals surface area contributed by atoms with Crippen molar-refractivity contribution < 1.29 is 9.52 Å². The van der Waals surface area contributed by atoms with Crippen LogP contribution in [0.5, 0.6) is 0 Å². The molecule has 0 bridgehead atoms. The molecule has 2 aromatic rings. The molecular weight excluding hydrogens is 278 g/mol. The first-order valence-electron chi connectivity index (χ1n) is 6.27. The van der Waals surface area contributed by atoms with Crippen LogP contribution >= 0.6 is 11.6 Å². The molecular formula is C14H12ClN3O2. The average molecular weight is 290 g/mol. The van der Waals surface area contributed by atoms with Gasteiger partial charge in [0.2, 0.25) is 17.5 Å². The molecule has 3 rings (SSSR count). The van der Waals surface area contributed by atoms with E-state index in [0.29, 0.717) is 36.3 Å². The van der Waals surface area contributed by atoms with E-state index in [1.54, 1.807) is 24.3 Å². The highest BCUT2D eigenvalue weighted by Crippen LogP contribution is 2.30. The van der Waals surface area contributed by atoms with Gasteiger partial charge in [0.25, 0.3) is 0 Å². The van der Waals surface area contributed by atoms with E-state index in [9.17, 15) is 5.11 Å². The summed E-state index contributed by atoms with van der Waals surface area (Å²) in [4.78, 5) is 6.05. The number of anilines is 1. The van der Waals surface area contributed by atoms with E-state index in [4.69, 9.17) is 21.3 Å². The normalized spacial score (nSPS) is 18.2. The first-order valence-corrected chi connectivity index (χ1v) is 6.65. The second-order valence-corrected chi connectivity index (χ2v) is 5.12. The molecule has 20 heavy (non-hydrogen) atoms. The predicted octanol–water partition coefficient (Wildman–Crippen LogP) is 2.44. The summed E-state index contributed by atoms with van der Waals surface area (Å²) in [7, 11) is 0. The molecule has 5 nitrogen and oxygen atoms in total. The van der Waals surface area contributed by atoms with Gasteiger partial charge in [0.05, 0.1) is 6.10 Å². The van der Waals surface area contributed by atoms with Crippen LogP contribution in [-0.2, 0) is 0 Å². The highest BCUT2D eigenvalue weighted by molar-refractivity contribution is 6.30. The lowest BCUT2D eigenvalue weighted by Crippen LogP contribution is -2.21. The third-order valence-electron chi connectivity index (χ3n) is 3.26. The summed E-state index contributed by atoms with van der Waals surface area (Å²) in [5, 5.41) is 19.4. The number of nitriles is 1. The summed E-state index contributed by atoms with van der Waals surface area (Å²) in [6.07, 6.45) is 0.285. The molecule has 1 aromatic heterocycles. The van der Waals surface area contributed by atoms with Gasteiger partial charge in [0.1, 0.15) is 6.07 Å². The van der Waals surface area contributed by atoms with Crippen LogP contribution in [0.2, 0.25) is 5.02 Å². The number of hydrogen-bond acceptors (Lipinski definition) is 5. The molecule has 0 saturated carbocycles. The fourth-order valence-corrected chi connectivity index (χ4v) is 2.37. The zero-order chi connectivity index (χ0) is 14.1. The summed E-state index contributed by atoms with van der Waals surface area (Å²) in [6.45, 7) is 1.12. The molecule has 1 saturated heterocycles. The van der Waals surface area contributed by atoms with Gasteiger partial charge in [-0.1, -0.05) is 11.6 Å². The summed E-state index contributed by atoms with van der Waals surface area (Å²) in [6, 6.07) is 9.10. The summed E-state index contributed by atoms with van der Waals surface area (Å²) in [5.41, 5.74) is 1.00. The summed E-state index contributed by atoms with van der Waals surface area (Å²) in [5.74, 6) is 0.809. The van der Waals surface area contributed by atoms with Crippen LogP contribution in [-0.4, -0.2) is 29.3 Å². The van der Waals surface area contributed by atoms with Gasteiger partial charge in [-0.25, -0.2) is 0 Å². The monoisotopic (exact) mass is 289 g/mol. The standard InChI is InChI=1S/C14H12ClN3O2/c15-10-3-1-9(2-4-10)13-17-12(7-16)14(20-13)18-6-5-11(19)8-18/h1-4,11,19H,5-6,8H2/t11-/m0/s1. The Morgan fingerprint density at radius 3 is 2.75 bits per heavy atom. The van der Waals surface area contributed by atoms with Crippen LogP contribution in [0.1, 0.15) is 12.1 Å². The van der Waals surface area contributed by atoms with E-state index in [1.807, 2.05) is 11.0 Å². The largest absolute Gasteiger partial charge is 0.419 e. The van der Waals surface area contributed by atoms with Gasteiger partial charge in [0, 0.05) is 23.7 Å². The molecule has 1 N–H and O–H groups in total. The second-order valence-electron chi connectivity index (χ2n) is 4.68. The van der Waals surface area contributed by atoms with Crippen molar-refractivity contribution in [3.8, 4) is 17.5 Å². The van der Waals surface area contributed by atoms with Gasteiger partial charge in [-0.2, -0.15) is 10.2 Å². The van der Waals surface area contributed by atoms with Crippen molar-refractivity contribution in [2.24, 2.45) is 0 Å². The van der Waals surface area contributed by atoms with E-state index in [-0.39, 0.29) is 11.8 Å². The zero-order valence-corrected chi connectivity index (χ0v) is 11.3. The van der Waals surface area contributed by atoms with E-state index < -0.39 is 0 Å². The number of β-amino-alcohol motifs (C(OH)–C–C–N with tert-alkyl or cyclic N) is 1. The number of hydrogen-bond donors (Lipinski definition) is 1. The average Bonchev–Trinajstić information content (AvgIpc) is 3.05. The highest BCUT2D eigenvalue weighted by atomic mass is 35.5. The van der Waals surface area contributed by atoms with Gasteiger partial charge in [0.15, 0.2) is 0 Å². The number of rotatable bonds is 2. The maximum absolute atomic E-state index is 9.58. The SMILES string of the molecule is N#Cc1nc(-c2ccc(Cl)cc2)oc1N1CC[C@H](O)C1.